The van der Waals surface area contributed by atoms with Gasteiger partial charge < -0.3 is 20.6 Å². The number of methoxy groups -OCH3 is 1. The van der Waals surface area contributed by atoms with Gasteiger partial charge in [-0.05, 0) is 13.0 Å². The average Bonchev–Trinajstić information content (AvgIpc) is 2.43. The van der Waals surface area contributed by atoms with Gasteiger partial charge >= 0.3 is 0 Å². The summed E-state index contributed by atoms with van der Waals surface area (Å²) in [7, 11) is 1.47. The van der Waals surface area contributed by atoms with Crippen molar-refractivity contribution in [3.8, 4) is 5.75 Å². The summed E-state index contributed by atoms with van der Waals surface area (Å²) in [4.78, 5) is 17.5. The Morgan fingerprint density at radius 3 is 2.94 bits per heavy atom. The Labute approximate surface area is 105 Å². The quantitative estimate of drug-likeness (QED) is 0.339. The molecule has 0 spiro atoms. The van der Waals surface area contributed by atoms with Crippen molar-refractivity contribution in [1.29, 1.82) is 0 Å². The van der Waals surface area contributed by atoms with Crippen LogP contribution in [-0.2, 0) is 0 Å². The zero-order valence-corrected chi connectivity index (χ0v) is 10.3. The van der Waals surface area contributed by atoms with E-state index in [9.17, 15) is 4.79 Å². The predicted octanol–water partition coefficient (Wildman–Crippen LogP) is 0.299. The zero-order chi connectivity index (χ0) is 13.5. The number of amides is 1. The standard InChI is InChI=1S/C11H16N4O3/c1-3-15(7-10(12)14-17)11(16)8-4-5-13-6-9(8)18-2/h4-6,17H,3,7H2,1-2H3,(H2,12,14). The highest BCUT2D eigenvalue weighted by atomic mass is 16.5. The van der Waals surface area contributed by atoms with Crippen LogP contribution in [0.3, 0.4) is 0 Å². The molecule has 3 N–H and O–H groups in total. The van der Waals surface area contributed by atoms with Crippen molar-refractivity contribution in [2.75, 3.05) is 20.2 Å². The van der Waals surface area contributed by atoms with Gasteiger partial charge in [-0.25, -0.2) is 0 Å². The second-order valence-corrected chi connectivity index (χ2v) is 3.49. The van der Waals surface area contributed by atoms with Crippen LogP contribution in [0.25, 0.3) is 0 Å². The number of carbonyl (C=O) groups excluding carboxylic acids is 1. The van der Waals surface area contributed by atoms with E-state index in [1.54, 1.807) is 13.0 Å². The largest absolute Gasteiger partial charge is 0.494 e. The van der Waals surface area contributed by atoms with Crippen LogP contribution in [0, 0.1) is 0 Å². The normalized spacial score (nSPS) is 11.1. The third-order valence-corrected chi connectivity index (χ3v) is 2.39. The van der Waals surface area contributed by atoms with E-state index in [2.05, 4.69) is 10.1 Å². The fourth-order valence-corrected chi connectivity index (χ4v) is 1.44. The molecule has 0 unspecified atom stereocenters. The first-order valence-corrected chi connectivity index (χ1v) is 5.37. The van der Waals surface area contributed by atoms with E-state index in [1.165, 1.54) is 24.4 Å². The number of hydrogen-bond donors (Lipinski definition) is 2. The van der Waals surface area contributed by atoms with Crippen LogP contribution in [-0.4, -0.2) is 47.0 Å². The summed E-state index contributed by atoms with van der Waals surface area (Å²) in [5, 5.41) is 11.4. The van der Waals surface area contributed by atoms with Crippen molar-refractivity contribution < 1.29 is 14.7 Å². The van der Waals surface area contributed by atoms with Gasteiger partial charge in [-0.3, -0.25) is 9.78 Å². The molecule has 1 amide bonds. The lowest BCUT2D eigenvalue weighted by molar-refractivity contribution is 0.0782. The van der Waals surface area contributed by atoms with Gasteiger partial charge in [0.1, 0.15) is 5.75 Å². The number of oxime groups is 1. The fourth-order valence-electron chi connectivity index (χ4n) is 1.44. The van der Waals surface area contributed by atoms with Crippen LogP contribution in [0.1, 0.15) is 17.3 Å². The number of hydrogen-bond acceptors (Lipinski definition) is 5. The topological polar surface area (TPSA) is 101 Å². The van der Waals surface area contributed by atoms with Crippen LogP contribution in [0.4, 0.5) is 0 Å². The second kappa shape index (κ2) is 6.43. The van der Waals surface area contributed by atoms with Crippen molar-refractivity contribution in [2.45, 2.75) is 6.92 Å². The summed E-state index contributed by atoms with van der Waals surface area (Å²) in [6, 6.07) is 1.57. The Kier molecular flexibility index (Phi) is 4.91. The van der Waals surface area contributed by atoms with E-state index in [0.29, 0.717) is 17.9 Å². The van der Waals surface area contributed by atoms with Gasteiger partial charge in [0.05, 0.1) is 25.4 Å². The van der Waals surface area contributed by atoms with E-state index in [1.807, 2.05) is 0 Å². The van der Waals surface area contributed by atoms with Crippen molar-refractivity contribution in [3.63, 3.8) is 0 Å². The number of likely N-dealkylation sites (N-methyl/N-ethyl adjacent to an activating group) is 1. The molecule has 1 rings (SSSR count). The number of pyridine rings is 1. The maximum atomic E-state index is 12.2. The Bertz CT molecular complexity index is 448. The monoisotopic (exact) mass is 252 g/mol. The van der Waals surface area contributed by atoms with E-state index < -0.39 is 0 Å². The molecule has 0 fully saturated rings. The van der Waals surface area contributed by atoms with Gasteiger partial charge in [-0.2, -0.15) is 0 Å². The van der Waals surface area contributed by atoms with Crippen LogP contribution in [0.5, 0.6) is 5.75 Å². The summed E-state index contributed by atoms with van der Waals surface area (Å²) >= 11 is 0. The summed E-state index contributed by atoms with van der Waals surface area (Å²) < 4.78 is 5.07. The number of nitrogens with zero attached hydrogens (tertiary/aromatic N) is 3. The number of nitrogens with two attached hydrogens (primary N) is 1. The molecule has 0 atom stereocenters. The molecule has 1 heterocycles. The molecule has 0 aliphatic carbocycles. The van der Waals surface area contributed by atoms with Crippen LogP contribution in [0.2, 0.25) is 0 Å². The molecule has 0 aromatic carbocycles. The fraction of sp³-hybridized carbons (Fsp3) is 0.364. The number of ether oxygens (including phenoxy) is 1. The molecular weight excluding hydrogens is 236 g/mol. The van der Waals surface area contributed by atoms with Gasteiger partial charge in [0.25, 0.3) is 5.91 Å². The molecule has 0 aliphatic rings. The molecule has 18 heavy (non-hydrogen) atoms. The van der Waals surface area contributed by atoms with Gasteiger partial charge in [0, 0.05) is 12.7 Å². The van der Waals surface area contributed by atoms with Crippen LogP contribution < -0.4 is 10.5 Å². The van der Waals surface area contributed by atoms with E-state index in [-0.39, 0.29) is 18.3 Å². The molecule has 1 aromatic heterocycles. The maximum absolute atomic E-state index is 12.2. The van der Waals surface area contributed by atoms with Crippen molar-refractivity contribution >= 4 is 11.7 Å². The van der Waals surface area contributed by atoms with Gasteiger partial charge in [-0.1, -0.05) is 5.16 Å². The minimum Gasteiger partial charge on any atom is -0.494 e. The molecule has 0 saturated carbocycles. The van der Waals surface area contributed by atoms with Gasteiger partial charge in [-0.15, -0.1) is 0 Å². The Morgan fingerprint density at radius 2 is 2.39 bits per heavy atom. The van der Waals surface area contributed by atoms with Crippen molar-refractivity contribution in [3.05, 3.63) is 24.0 Å². The van der Waals surface area contributed by atoms with E-state index in [4.69, 9.17) is 15.7 Å². The highest BCUT2D eigenvalue weighted by molar-refractivity contribution is 5.99. The average molecular weight is 252 g/mol. The smallest absolute Gasteiger partial charge is 0.258 e. The Hall–Kier alpha value is -2.31. The number of carbonyl (C=O) groups is 1. The van der Waals surface area contributed by atoms with Crippen molar-refractivity contribution in [2.24, 2.45) is 10.9 Å². The van der Waals surface area contributed by atoms with Gasteiger partial charge in [0.2, 0.25) is 0 Å². The third kappa shape index (κ3) is 3.09. The van der Waals surface area contributed by atoms with E-state index in [0.717, 1.165) is 0 Å². The number of rotatable bonds is 5. The summed E-state index contributed by atoms with van der Waals surface area (Å²) in [5.41, 5.74) is 5.79. The first kappa shape index (κ1) is 13.8. The predicted molar refractivity (Wildman–Crippen MR) is 65.8 cm³/mol. The van der Waals surface area contributed by atoms with Gasteiger partial charge in [0.15, 0.2) is 5.84 Å². The molecule has 1 aromatic rings. The lowest BCUT2D eigenvalue weighted by Crippen LogP contribution is -2.38. The zero-order valence-electron chi connectivity index (χ0n) is 10.3. The third-order valence-electron chi connectivity index (χ3n) is 2.39. The minimum absolute atomic E-state index is 0.0294. The summed E-state index contributed by atoms with van der Waals surface area (Å²) in [6.07, 6.45) is 2.97. The first-order valence-electron chi connectivity index (χ1n) is 5.37. The maximum Gasteiger partial charge on any atom is 0.258 e. The summed E-state index contributed by atoms with van der Waals surface area (Å²) in [5.74, 6) is 0.0991. The van der Waals surface area contributed by atoms with Crippen molar-refractivity contribution in [1.82, 2.24) is 9.88 Å². The van der Waals surface area contributed by atoms with Crippen LogP contribution in [0.15, 0.2) is 23.6 Å². The van der Waals surface area contributed by atoms with Crippen LogP contribution >= 0.6 is 0 Å². The molecular formula is C11H16N4O3. The Morgan fingerprint density at radius 1 is 1.67 bits per heavy atom. The molecule has 0 radical (unpaired) electrons. The Balaban J connectivity index is 2.96. The highest BCUT2D eigenvalue weighted by Crippen LogP contribution is 2.17. The molecule has 0 aliphatic heterocycles. The SMILES string of the molecule is CCN(C/C(N)=N/O)C(=O)c1ccncc1OC. The lowest BCUT2D eigenvalue weighted by Gasteiger charge is -2.20. The summed E-state index contributed by atoms with van der Waals surface area (Å²) in [6.45, 7) is 2.29. The lowest BCUT2D eigenvalue weighted by atomic mass is 10.2. The van der Waals surface area contributed by atoms with E-state index >= 15 is 0 Å². The highest BCUT2D eigenvalue weighted by Gasteiger charge is 2.19. The number of amidine groups is 1. The molecule has 7 heteroatoms. The molecule has 0 saturated heterocycles. The molecule has 7 nitrogen and oxygen atoms in total. The molecule has 98 valence electrons. The number of aromatic nitrogens is 1. The second-order valence-electron chi connectivity index (χ2n) is 3.49. The first-order chi connectivity index (χ1) is 8.63. The molecule has 0 bridgehead atoms. The minimum atomic E-state index is -0.261.